The van der Waals surface area contributed by atoms with E-state index in [1.807, 2.05) is 4.90 Å². The fourth-order valence-corrected chi connectivity index (χ4v) is 3.80. The van der Waals surface area contributed by atoms with Crippen LogP contribution in [0, 0.1) is 0 Å². The van der Waals surface area contributed by atoms with Crippen molar-refractivity contribution in [2.45, 2.75) is 44.3 Å². The van der Waals surface area contributed by atoms with Crippen LogP contribution in [0.3, 0.4) is 0 Å². The minimum Gasteiger partial charge on any atom is -0.382 e. The number of fused-ring (bicyclic) bond motifs is 2. The highest BCUT2D eigenvalue weighted by Crippen LogP contribution is 2.57. The number of amides is 1. The van der Waals surface area contributed by atoms with Crippen molar-refractivity contribution in [2.24, 2.45) is 4.99 Å². The number of nitrogens with one attached hydrogen (secondary N) is 2. The Bertz CT molecular complexity index is 908. The van der Waals surface area contributed by atoms with Crippen molar-refractivity contribution < 1.29 is 23.0 Å². The minimum absolute atomic E-state index is 0.0322. The standard InChI is InChI=1S/C20H25F2N5O3/c1-12(28)24-15-8-14-13(10-23-15)20(4-5-20)11-27(14)16-9-17(30-7-6-29-3)26-18(25-16)19(2,21)22/h8-10,17H,4-7,11H2,1-3H3,(H,25,26)(H,23,24,28). The van der Waals surface area contributed by atoms with Gasteiger partial charge >= 0.3 is 5.92 Å². The molecule has 30 heavy (non-hydrogen) atoms. The zero-order valence-electron chi connectivity index (χ0n) is 17.2. The van der Waals surface area contributed by atoms with Crippen LogP contribution in [0.1, 0.15) is 32.3 Å². The number of rotatable bonds is 7. The molecule has 1 amide bonds. The molecule has 2 N–H and O–H groups in total. The van der Waals surface area contributed by atoms with Gasteiger partial charge in [-0.25, -0.2) is 9.98 Å². The van der Waals surface area contributed by atoms with Crippen LogP contribution in [0.25, 0.3) is 0 Å². The lowest BCUT2D eigenvalue weighted by molar-refractivity contribution is -0.114. The van der Waals surface area contributed by atoms with Gasteiger partial charge in [0.1, 0.15) is 11.6 Å². The molecule has 1 saturated carbocycles. The van der Waals surface area contributed by atoms with Gasteiger partial charge in [-0.2, -0.15) is 8.78 Å². The molecule has 1 unspecified atom stereocenters. The molecule has 2 aliphatic heterocycles. The number of aliphatic imine (C=N–C) groups is 1. The normalized spacial score (nSPS) is 21.6. The van der Waals surface area contributed by atoms with Crippen LogP contribution in [0.5, 0.6) is 0 Å². The second-order valence-electron chi connectivity index (χ2n) is 7.93. The fraction of sp³-hybridized carbons (Fsp3) is 0.550. The number of carbonyl (C=O) groups is 1. The van der Waals surface area contributed by atoms with Crippen LogP contribution in [0.4, 0.5) is 20.3 Å². The van der Waals surface area contributed by atoms with Gasteiger partial charge in [0.25, 0.3) is 0 Å². The van der Waals surface area contributed by atoms with Crippen LogP contribution in [-0.2, 0) is 19.7 Å². The second-order valence-corrected chi connectivity index (χ2v) is 7.93. The van der Waals surface area contributed by atoms with Crippen molar-refractivity contribution in [1.29, 1.82) is 0 Å². The van der Waals surface area contributed by atoms with Gasteiger partial charge in [-0.15, -0.1) is 0 Å². The number of hydrogen-bond acceptors (Lipinski definition) is 7. The van der Waals surface area contributed by atoms with E-state index in [2.05, 4.69) is 20.6 Å². The highest BCUT2D eigenvalue weighted by Gasteiger charge is 2.53. The number of hydrogen-bond donors (Lipinski definition) is 2. The Morgan fingerprint density at radius 3 is 2.83 bits per heavy atom. The number of alkyl halides is 2. The molecule has 3 aliphatic rings. The number of pyridine rings is 1. The summed E-state index contributed by atoms with van der Waals surface area (Å²) in [5, 5.41) is 5.47. The summed E-state index contributed by atoms with van der Waals surface area (Å²) in [6.45, 7) is 3.41. The highest BCUT2D eigenvalue weighted by atomic mass is 19.3. The molecule has 3 heterocycles. The molecule has 1 aliphatic carbocycles. The van der Waals surface area contributed by atoms with Crippen molar-refractivity contribution in [1.82, 2.24) is 10.3 Å². The summed E-state index contributed by atoms with van der Waals surface area (Å²) in [4.78, 5) is 21.8. The molecule has 10 heteroatoms. The molecule has 0 saturated heterocycles. The van der Waals surface area contributed by atoms with E-state index in [-0.39, 0.29) is 17.9 Å². The number of anilines is 2. The monoisotopic (exact) mass is 421 g/mol. The third-order valence-corrected chi connectivity index (χ3v) is 5.45. The summed E-state index contributed by atoms with van der Waals surface area (Å²) in [6.07, 6.45) is 4.61. The summed E-state index contributed by atoms with van der Waals surface area (Å²) < 4.78 is 38.8. The summed E-state index contributed by atoms with van der Waals surface area (Å²) >= 11 is 0. The average molecular weight is 421 g/mol. The Labute approximate surface area is 173 Å². The number of carbonyl (C=O) groups excluding carboxylic acids is 1. The van der Waals surface area contributed by atoms with Gasteiger partial charge in [0.15, 0.2) is 12.1 Å². The van der Waals surface area contributed by atoms with Gasteiger partial charge in [-0.05, 0) is 12.8 Å². The van der Waals surface area contributed by atoms with E-state index in [1.54, 1.807) is 25.4 Å². The molecule has 1 atom stereocenters. The summed E-state index contributed by atoms with van der Waals surface area (Å²) in [5.41, 5.74) is 1.86. The van der Waals surface area contributed by atoms with E-state index in [9.17, 15) is 13.6 Å². The van der Waals surface area contributed by atoms with E-state index in [4.69, 9.17) is 9.47 Å². The second kappa shape index (κ2) is 7.59. The number of amidine groups is 1. The lowest BCUT2D eigenvalue weighted by Gasteiger charge is -2.31. The third kappa shape index (κ3) is 4.01. The summed E-state index contributed by atoms with van der Waals surface area (Å²) in [6, 6.07) is 1.78. The Hall–Kier alpha value is -2.59. The summed E-state index contributed by atoms with van der Waals surface area (Å²) in [5.74, 6) is -2.93. The van der Waals surface area contributed by atoms with Crippen LogP contribution >= 0.6 is 0 Å². The number of methoxy groups -OCH3 is 1. The van der Waals surface area contributed by atoms with Crippen LogP contribution in [0.15, 0.2) is 29.2 Å². The Morgan fingerprint density at radius 2 is 2.20 bits per heavy atom. The van der Waals surface area contributed by atoms with Crippen LogP contribution < -0.4 is 15.5 Å². The molecule has 1 aromatic heterocycles. The molecule has 1 aromatic rings. The van der Waals surface area contributed by atoms with Crippen molar-refractivity contribution in [3.05, 3.63) is 29.7 Å². The van der Waals surface area contributed by atoms with E-state index in [0.717, 1.165) is 31.0 Å². The Morgan fingerprint density at radius 1 is 1.43 bits per heavy atom. The molecule has 1 fully saturated rings. The number of ether oxygens (including phenoxy) is 2. The quantitative estimate of drug-likeness (QED) is 0.658. The van der Waals surface area contributed by atoms with Crippen molar-refractivity contribution in [3.63, 3.8) is 0 Å². The van der Waals surface area contributed by atoms with Crippen LogP contribution in [0.2, 0.25) is 0 Å². The topological polar surface area (TPSA) is 88.1 Å². The number of nitrogens with zero attached hydrogens (tertiary/aromatic N) is 3. The molecule has 0 aromatic carbocycles. The van der Waals surface area contributed by atoms with Gasteiger partial charge in [0.2, 0.25) is 5.91 Å². The minimum atomic E-state index is -3.15. The predicted octanol–water partition coefficient (Wildman–Crippen LogP) is 2.38. The molecule has 4 rings (SSSR count). The molecule has 162 valence electrons. The Kier molecular flexibility index (Phi) is 5.23. The van der Waals surface area contributed by atoms with Crippen molar-refractivity contribution in [3.8, 4) is 0 Å². The van der Waals surface area contributed by atoms with Gasteiger partial charge in [-0.1, -0.05) is 0 Å². The van der Waals surface area contributed by atoms with E-state index in [1.165, 1.54) is 6.92 Å². The van der Waals surface area contributed by atoms with E-state index >= 15 is 0 Å². The summed E-state index contributed by atoms with van der Waals surface area (Å²) in [7, 11) is 1.54. The first-order chi connectivity index (χ1) is 14.2. The Balaban J connectivity index is 1.66. The lowest BCUT2D eigenvalue weighted by atomic mass is 10.0. The van der Waals surface area contributed by atoms with Gasteiger partial charge in [-0.3, -0.25) is 4.79 Å². The first-order valence-corrected chi connectivity index (χ1v) is 9.83. The van der Waals surface area contributed by atoms with Gasteiger partial charge < -0.3 is 25.0 Å². The average Bonchev–Trinajstić information content (AvgIpc) is 3.38. The highest BCUT2D eigenvalue weighted by molar-refractivity contribution is 5.92. The SMILES string of the molecule is COCCOC1C=C(N2CC3(CC3)c3cnc(NC(C)=O)cc32)NC(C(C)(F)F)=N1. The van der Waals surface area contributed by atoms with Crippen molar-refractivity contribution >= 4 is 23.2 Å². The molecule has 0 bridgehead atoms. The largest absolute Gasteiger partial charge is 0.382 e. The van der Waals surface area contributed by atoms with Crippen molar-refractivity contribution in [2.75, 3.05) is 37.1 Å². The maximum atomic E-state index is 14.1. The van der Waals surface area contributed by atoms with Crippen LogP contribution in [-0.4, -0.2) is 55.7 Å². The lowest BCUT2D eigenvalue weighted by Crippen LogP contribution is -2.46. The molecular weight excluding hydrogens is 396 g/mol. The maximum Gasteiger partial charge on any atom is 0.301 e. The smallest absolute Gasteiger partial charge is 0.301 e. The molecule has 1 spiro atoms. The van der Waals surface area contributed by atoms with Gasteiger partial charge in [0, 0.05) is 56.8 Å². The first kappa shape index (κ1) is 20.7. The predicted molar refractivity (Wildman–Crippen MR) is 108 cm³/mol. The molecule has 8 nitrogen and oxygen atoms in total. The number of aromatic nitrogens is 1. The molecular formula is C20H25F2N5O3. The zero-order chi connectivity index (χ0) is 21.5. The maximum absolute atomic E-state index is 14.1. The number of halogens is 2. The van der Waals surface area contributed by atoms with E-state index in [0.29, 0.717) is 24.8 Å². The van der Waals surface area contributed by atoms with E-state index < -0.39 is 18.0 Å². The first-order valence-electron chi connectivity index (χ1n) is 9.83. The van der Waals surface area contributed by atoms with Gasteiger partial charge in [0.05, 0.1) is 18.9 Å². The fourth-order valence-electron chi connectivity index (χ4n) is 3.80. The zero-order valence-corrected chi connectivity index (χ0v) is 17.2. The third-order valence-electron chi connectivity index (χ3n) is 5.45. The molecule has 0 radical (unpaired) electrons.